The molecule has 0 radical (unpaired) electrons. The molecule has 5 nitrogen and oxygen atoms in total. The van der Waals surface area contributed by atoms with Crippen molar-refractivity contribution in [3.8, 4) is 5.75 Å². The first kappa shape index (κ1) is 20.0. The van der Waals surface area contributed by atoms with Gasteiger partial charge in [-0.25, -0.2) is 0 Å². The molecule has 0 aliphatic carbocycles. The molecule has 0 saturated heterocycles. The van der Waals surface area contributed by atoms with E-state index in [0.717, 1.165) is 18.4 Å². The van der Waals surface area contributed by atoms with E-state index in [9.17, 15) is 4.79 Å². The summed E-state index contributed by atoms with van der Waals surface area (Å²) in [6.07, 6.45) is 4.69. The highest BCUT2D eigenvalue weighted by atomic mass is 32.1. The van der Waals surface area contributed by atoms with Crippen LogP contribution in [-0.4, -0.2) is 17.0 Å². The van der Waals surface area contributed by atoms with E-state index in [-0.39, 0.29) is 12.0 Å². The van der Waals surface area contributed by atoms with E-state index < -0.39 is 6.29 Å². The lowest BCUT2D eigenvalue weighted by Gasteiger charge is -2.23. The average molecular weight is 397 g/mol. The van der Waals surface area contributed by atoms with Gasteiger partial charge in [-0.15, -0.1) is 11.3 Å². The van der Waals surface area contributed by atoms with E-state index in [1.807, 2.05) is 42.6 Å². The Hall–Kier alpha value is -2.70. The maximum absolute atomic E-state index is 12.7. The summed E-state index contributed by atoms with van der Waals surface area (Å²) in [7, 11) is 0. The number of hydrogen-bond donors (Lipinski definition) is 1. The number of carbonyl (C=O) groups is 1. The minimum absolute atomic E-state index is 0.0431. The number of amides is 1. The lowest BCUT2D eigenvalue weighted by atomic mass is 10.2. The van der Waals surface area contributed by atoms with Gasteiger partial charge in [0, 0.05) is 11.8 Å². The second-order valence-corrected chi connectivity index (χ2v) is 7.32. The summed E-state index contributed by atoms with van der Waals surface area (Å²) >= 11 is 1.33. The second kappa shape index (κ2) is 10.0. The lowest BCUT2D eigenvalue weighted by molar-refractivity contribution is -0.119. The summed E-state index contributed by atoms with van der Waals surface area (Å²) in [5, 5.41) is 4.69. The summed E-state index contributed by atoms with van der Waals surface area (Å²) in [4.78, 5) is 17.2. The fourth-order valence-corrected chi connectivity index (χ4v) is 3.48. The molecule has 2 aromatic heterocycles. The Bertz CT molecular complexity index is 868. The molecule has 1 amide bonds. The number of hydrogen-bond acceptors (Lipinski definition) is 5. The molecule has 3 rings (SSSR count). The molecule has 0 aliphatic heterocycles. The largest absolute Gasteiger partial charge is 0.459 e. The molecule has 2 atom stereocenters. The molecule has 1 N–H and O–H groups in total. The van der Waals surface area contributed by atoms with Gasteiger partial charge in [0.05, 0.1) is 18.0 Å². The van der Waals surface area contributed by atoms with Crippen LogP contribution >= 0.6 is 11.3 Å². The van der Waals surface area contributed by atoms with Crippen LogP contribution in [0, 0.1) is 0 Å². The average Bonchev–Trinajstić information content (AvgIpc) is 3.17. The van der Waals surface area contributed by atoms with E-state index >= 15 is 0 Å². The standard InChI is InChI=1S/C22H24N2O3S/c1-3-8-16(2)26-22(17-9-5-4-6-10-17)27-19-12-14-28-20(19)21(25)24-18-11-7-13-23-15-18/h4-7,9-16,22H,3,8H2,1-2H3,(H,24,25). The zero-order valence-corrected chi connectivity index (χ0v) is 16.8. The van der Waals surface area contributed by atoms with Crippen molar-refractivity contribution < 1.29 is 14.3 Å². The van der Waals surface area contributed by atoms with Gasteiger partial charge in [0.15, 0.2) is 0 Å². The number of carbonyl (C=O) groups excluding carboxylic acids is 1. The van der Waals surface area contributed by atoms with E-state index in [1.165, 1.54) is 11.3 Å². The number of ether oxygens (including phenoxy) is 2. The molecule has 146 valence electrons. The van der Waals surface area contributed by atoms with Crippen LogP contribution in [0.4, 0.5) is 5.69 Å². The predicted octanol–water partition coefficient (Wildman–Crippen LogP) is 5.68. The normalized spacial score (nSPS) is 12.9. The third-order valence-electron chi connectivity index (χ3n) is 4.11. The third kappa shape index (κ3) is 5.41. The van der Waals surface area contributed by atoms with Crippen molar-refractivity contribution in [3.05, 3.63) is 76.7 Å². The molecule has 3 aromatic rings. The van der Waals surface area contributed by atoms with Crippen molar-refractivity contribution in [2.75, 3.05) is 5.32 Å². The topological polar surface area (TPSA) is 60.5 Å². The van der Waals surface area contributed by atoms with Crippen LogP contribution in [0.2, 0.25) is 0 Å². The van der Waals surface area contributed by atoms with Gasteiger partial charge in [0.25, 0.3) is 5.91 Å². The highest BCUT2D eigenvalue weighted by Crippen LogP contribution is 2.32. The van der Waals surface area contributed by atoms with Crippen LogP contribution in [0.1, 0.15) is 48.2 Å². The summed E-state index contributed by atoms with van der Waals surface area (Å²) < 4.78 is 12.3. The van der Waals surface area contributed by atoms with E-state index in [4.69, 9.17) is 9.47 Å². The Morgan fingerprint density at radius 2 is 2.00 bits per heavy atom. The highest BCUT2D eigenvalue weighted by Gasteiger charge is 2.22. The fraction of sp³-hybridized carbons (Fsp3) is 0.273. The van der Waals surface area contributed by atoms with Gasteiger partial charge in [-0.05, 0) is 36.9 Å². The maximum Gasteiger partial charge on any atom is 0.269 e. The third-order valence-corrected chi connectivity index (χ3v) is 5.01. The van der Waals surface area contributed by atoms with Gasteiger partial charge in [-0.3, -0.25) is 9.78 Å². The molecule has 2 heterocycles. The van der Waals surface area contributed by atoms with Crippen molar-refractivity contribution >= 4 is 22.9 Å². The number of thiophene rings is 1. The number of nitrogens with zero attached hydrogens (tertiary/aromatic N) is 1. The molecule has 2 unspecified atom stereocenters. The number of benzene rings is 1. The number of rotatable bonds is 9. The van der Waals surface area contributed by atoms with Gasteiger partial charge in [-0.1, -0.05) is 43.7 Å². The zero-order chi connectivity index (χ0) is 19.8. The van der Waals surface area contributed by atoms with Gasteiger partial charge < -0.3 is 14.8 Å². The summed E-state index contributed by atoms with van der Waals surface area (Å²) in [5.41, 5.74) is 1.55. The predicted molar refractivity (Wildman–Crippen MR) is 112 cm³/mol. The Kier molecular flexibility index (Phi) is 7.17. The van der Waals surface area contributed by atoms with Crippen molar-refractivity contribution in [2.45, 2.75) is 39.1 Å². The molecular weight excluding hydrogens is 372 g/mol. The van der Waals surface area contributed by atoms with E-state index in [0.29, 0.717) is 16.3 Å². The molecule has 0 spiro atoms. The van der Waals surface area contributed by atoms with Crippen LogP contribution in [0.5, 0.6) is 5.75 Å². The first-order valence-corrected chi connectivity index (χ1v) is 10.2. The molecule has 0 saturated carbocycles. The minimum Gasteiger partial charge on any atom is -0.459 e. The van der Waals surface area contributed by atoms with Crippen molar-refractivity contribution in [1.29, 1.82) is 0 Å². The second-order valence-electron chi connectivity index (χ2n) is 6.41. The summed E-state index contributed by atoms with van der Waals surface area (Å²) in [6.45, 7) is 4.16. The van der Waals surface area contributed by atoms with Gasteiger partial charge >= 0.3 is 0 Å². The first-order chi connectivity index (χ1) is 13.7. The Balaban J connectivity index is 1.78. The van der Waals surface area contributed by atoms with Crippen LogP contribution in [0.15, 0.2) is 66.3 Å². The van der Waals surface area contributed by atoms with Crippen LogP contribution in [-0.2, 0) is 4.74 Å². The minimum atomic E-state index is -0.581. The molecule has 0 fully saturated rings. The van der Waals surface area contributed by atoms with Gasteiger partial charge in [0.2, 0.25) is 6.29 Å². The fourth-order valence-electron chi connectivity index (χ4n) is 2.77. The molecule has 6 heteroatoms. The Labute approximate surface area is 169 Å². The van der Waals surface area contributed by atoms with E-state index in [1.54, 1.807) is 30.6 Å². The SMILES string of the molecule is CCCC(C)OC(Oc1ccsc1C(=O)Nc1cccnc1)c1ccccc1. The van der Waals surface area contributed by atoms with Gasteiger partial charge in [0.1, 0.15) is 10.6 Å². The summed E-state index contributed by atoms with van der Waals surface area (Å²) in [5.74, 6) is 0.273. The quantitative estimate of drug-likeness (QED) is 0.473. The lowest BCUT2D eigenvalue weighted by Crippen LogP contribution is -2.19. The number of nitrogens with one attached hydrogen (secondary N) is 1. The molecule has 0 bridgehead atoms. The number of aromatic nitrogens is 1. The molecule has 0 aliphatic rings. The maximum atomic E-state index is 12.7. The van der Waals surface area contributed by atoms with Crippen molar-refractivity contribution in [1.82, 2.24) is 4.98 Å². The molecular formula is C22H24N2O3S. The zero-order valence-electron chi connectivity index (χ0n) is 16.0. The summed E-state index contributed by atoms with van der Waals surface area (Å²) in [6, 6.07) is 15.1. The van der Waals surface area contributed by atoms with E-state index in [2.05, 4.69) is 17.2 Å². The molecule has 1 aromatic carbocycles. The number of anilines is 1. The van der Waals surface area contributed by atoms with Crippen molar-refractivity contribution in [2.24, 2.45) is 0 Å². The number of pyridine rings is 1. The van der Waals surface area contributed by atoms with Crippen LogP contribution in [0.25, 0.3) is 0 Å². The highest BCUT2D eigenvalue weighted by molar-refractivity contribution is 7.12. The smallest absolute Gasteiger partial charge is 0.269 e. The molecule has 28 heavy (non-hydrogen) atoms. The monoisotopic (exact) mass is 396 g/mol. The Morgan fingerprint density at radius 3 is 2.71 bits per heavy atom. The van der Waals surface area contributed by atoms with Gasteiger partial charge in [-0.2, -0.15) is 0 Å². The van der Waals surface area contributed by atoms with Crippen LogP contribution < -0.4 is 10.1 Å². The first-order valence-electron chi connectivity index (χ1n) is 9.33. The van der Waals surface area contributed by atoms with Crippen LogP contribution in [0.3, 0.4) is 0 Å². The van der Waals surface area contributed by atoms with Crippen molar-refractivity contribution in [3.63, 3.8) is 0 Å². The Morgan fingerprint density at radius 1 is 1.18 bits per heavy atom.